The summed E-state index contributed by atoms with van der Waals surface area (Å²) in [6.45, 7) is 3.17. The first-order valence-corrected chi connectivity index (χ1v) is 5.81. The highest BCUT2D eigenvalue weighted by molar-refractivity contribution is 5.91. The van der Waals surface area contributed by atoms with E-state index in [0.29, 0.717) is 19.8 Å². The average molecular weight is 257 g/mol. The van der Waals surface area contributed by atoms with Crippen LogP contribution in [-0.4, -0.2) is 38.8 Å². The predicted octanol–water partition coefficient (Wildman–Crippen LogP) is -0.182. The van der Waals surface area contributed by atoms with Crippen molar-refractivity contribution < 1.29 is 23.2 Å². The second kappa shape index (κ2) is 5.88. The third-order valence-corrected chi connectivity index (χ3v) is 2.81. The van der Waals surface area contributed by atoms with Gasteiger partial charge in [0.15, 0.2) is 18.2 Å². The number of carbonyl (C=O) groups is 1. The normalized spacial score (nSPS) is 16.6. The van der Waals surface area contributed by atoms with Crippen LogP contribution in [0.4, 0.5) is 14.5 Å². The molecule has 0 radical (unpaired) electrons. The van der Waals surface area contributed by atoms with Crippen molar-refractivity contribution in [2.24, 2.45) is 0 Å². The van der Waals surface area contributed by atoms with Gasteiger partial charge in [-0.3, -0.25) is 4.79 Å². The summed E-state index contributed by atoms with van der Waals surface area (Å²) < 4.78 is 30.8. The molecule has 0 bridgehead atoms. The van der Waals surface area contributed by atoms with Gasteiger partial charge in [0.25, 0.3) is 5.91 Å². The summed E-state index contributed by atoms with van der Waals surface area (Å²) in [7, 11) is 0. The summed E-state index contributed by atoms with van der Waals surface area (Å²) >= 11 is 0. The van der Waals surface area contributed by atoms with Crippen LogP contribution in [0, 0.1) is 11.6 Å². The topological polar surface area (TPSA) is 42.8 Å². The molecule has 0 aromatic heterocycles. The monoisotopic (exact) mass is 257 g/mol. The fourth-order valence-electron chi connectivity index (χ4n) is 1.84. The number of amides is 1. The van der Waals surface area contributed by atoms with Crippen molar-refractivity contribution in [1.82, 2.24) is 0 Å². The molecule has 1 amide bonds. The van der Waals surface area contributed by atoms with E-state index >= 15 is 0 Å². The van der Waals surface area contributed by atoms with Gasteiger partial charge in [0, 0.05) is 11.8 Å². The molecule has 0 aliphatic carbocycles. The second-order valence-corrected chi connectivity index (χ2v) is 4.22. The molecule has 1 heterocycles. The number of halogens is 2. The van der Waals surface area contributed by atoms with Gasteiger partial charge in [0.1, 0.15) is 13.1 Å². The molecule has 0 unspecified atom stereocenters. The van der Waals surface area contributed by atoms with Crippen molar-refractivity contribution in [2.75, 3.05) is 38.2 Å². The summed E-state index contributed by atoms with van der Waals surface area (Å²) in [4.78, 5) is 12.8. The predicted molar refractivity (Wildman–Crippen MR) is 61.4 cm³/mol. The first-order valence-electron chi connectivity index (χ1n) is 5.81. The minimum absolute atomic E-state index is 0.210. The van der Waals surface area contributed by atoms with E-state index in [0.717, 1.165) is 30.1 Å². The van der Waals surface area contributed by atoms with E-state index in [4.69, 9.17) is 4.74 Å². The third kappa shape index (κ3) is 3.48. The lowest BCUT2D eigenvalue weighted by Gasteiger charge is -2.23. The minimum atomic E-state index is -0.966. The smallest absolute Gasteiger partial charge is 0.279 e. The number of quaternary nitrogens is 1. The Morgan fingerprint density at radius 2 is 2.00 bits per heavy atom. The van der Waals surface area contributed by atoms with Crippen LogP contribution in [0.25, 0.3) is 0 Å². The van der Waals surface area contributed by atoms with Crippen molar-refractivity contribution in [3.05, 3.63) is 29.8 Å². The molecule has 1 aliphatic heterocycles. The number of anilines is 1. The second-order valence-electron chi connectivity index (χ2n) is 4.22. The molecular formula is C12H15F2N2O2+. The lowest BCUT2D eigenvalue weighted by atomic mass is 10.3. The molecule has 1 fully saturated rings. The van der Waals surface area contributed by atoms with Crippen molar-refractivity contribution in [3.8, 4) is 0 Å². The molecule has 2 N–H and O–H groups in total. The third-order valence-electron chi connectivity index (χ3n) is 2.81. The van der Waals surface area contributed by atoms with Crippen LogP contribution < -0.4 is 10.2 Å². The quantitative estimate of drug-likeness (QED) is 0.789. The average Bonchev–Trinajstić information content (AvgIpc) is 2.35. The Kier molecular flexibility index (Phi) is 4.22. The zero-order valence-electron chi connectivity index (χ0n) is 9.84. The first-order chi connectivity index (χ1) is 8.65. The van der Waals surface area contributed by atoms with Crippen LogP contribution in [0.3, 0.4) is 0 Å². The highest BCUT2D eigenvalue weighted by Gasteiger charge is 2.17. The van der Waals surface area contributed by atoms with Gasteiger partial charge in [0.05, 0.1) is 13.2 Å². The van der Waals surface area contributed by atoms with E-state index < -0.39 is 11.6 Å². The van der Waals surface area contributed by atoms with Crippen molar-refractivity contribution in [2.45, 2.75) is 0 Å². The molecule has 0 atom stereocenters. The molecule has 98 valence electrons. The van der Waals surface area contributed by atoms with E-state index in [2.05, 4.69) is 5.32 Å². The van der Waals surface area contributed by atoms with Gasteiger partial charge in [-0.1, -0.05) is 0 Å². The van der Waals surface area contributed by atoms with Crippen molar-refractivity contribution in [3.63, 3.8) is 0 Å². The molecule has 0 spiro atoms. The number of rotatable bonds is 3. The van der Waals surface area contributed by atoms with Gasteiger partial charge in [-0.15, -0.1) is 0 Å². The zero-order valence-corrected chi connectivity index (χ0v) is 9.84. The Labute approximate surface area is 104 Å². The Bertz CT molecular complexity index is 434. The van der Waals surface area contributed by atoms with Crippen LogP contribution in [0.2, 0.25) is 0 Å². The maximum atomic E-state index is 12.9. The summed E-state index contributed by atoms with van der Waals surface area (Å²) in [6, 6.07) is 3.30. The molecule has 1 aromatic carbocycles. The molecule has 1 saturated heterocycles. The summed E-state index contributed by atoms with van der Waals surface area (Å²) in [5.74, 6) is -2.10. The number of hydrogen-bond acceptors (Lipinski definition) is 2. The molecular weight excluding hydrogens is 242 g/mol. The Morgan fingerprint density at radius 3 is 2.67 bits per heavy atom. The van der Waals surface area contributed by atoms with Gasteiger partial charge >= 0.3 is 0 Å². The van der Waals surface area contributed by atoms with Gasteiger partial charge in [-0.25, -0.2) is 8.78 Å². The highest BCUT2D eigenvalue weighted by Crippen LogP contribution is 2.12. The summed E-state index contributed by atoms with van der Waals surface area (Å²) in [6.07, 6.45) is 0. The molecule has 2 rings (SSSR count). The maximum Gasteiger partial charge on any atom is 0.279 e. The highest BCUT2D eigenvalue weighted by atomic mass is 19.2. The van der Waals surface area contributed by atoms with Gasteiger partial charge in [0.2, 0.25) is 0 Å². The summed E-state index contributed by atoms with van der Waals surface area (Å²) in [5.41, 5.74) is 0.270. The largest absolute Gasteiger partial charge is 0.370 e. The Hall–Kier alpha value is -1.53. The minimum Gasteiger partial charge on any atom is -0.370 e. The van der Waals surface area contributed by atoms with Crippen LogP contribution in [0.1, 0.15) is 0 Å². The van der Waals surface area contributed by atoms with Crippen LogP contribution in [0.15, 0.2) is 18.2 Å². The fraction of sp³-hybridized carbons (Fsp3) is 0.417. The van der Waals surface area contributed by atoms with E-state index in [1.165, 1.54) is 6.07 Å². The number of ether oxygens (including phenoxy) is 1. The van der Waals surface area contributed by atoms with Gasteiger partial charge < -0.3 is 15.0 Å². The van der Waals surface area contributed by atoms with Gasteiger partial charge in [-0.2, -0.15) is 0 Å². The molecule has 4 nitrogen and oxygen atoms in total. The SMILES string of the molecule is O=C(C[NH+]1CCOCC1)Nc1ccc(F)c(F)c1. The Morgan fingerprint density at radius 1 is 1.28 bits per heavy atom. The van der Waals surface area contributed by atoms with Crippen LogP contribution in [-0.2, 0) is 9.53 Å². The molecule has 18 heavy (non-hydrogen) atoms. The lowest BCUT2D eigenvalue weighted by molar-refractivity contribution is -0.899. The maximum absolute atomic E-state index is 12.9. The first kappa shape index (κ1) is 12.9. The summed E-state index contributed by atoms with van der Waals surface area (Å²) in [5, 5.41) is 2.55. The number of nitrogens with one attached hydrogen (secondary N) is 2. The van der Waals surface area contributed by atoms with Crippen molar-refractivity contribution in [1.29, 1.82) is 0 Å². The van der Waals surface area contributed by atoms with E-state index in [1.807, 2.05) is 0 Å². The standard InChI is InChI=1S/C12H14F2N2O2/c13-10-2-1-9(7-11(10)14)15-12(17)8-16-3-5-18-6-4-16/h1-2,7H,3-6,8H2,(H,15,17)/p+1. The molecule has 1 aliphatic rings. The van der Waals surface area contributed by atoms with Crippen LogP contribution in [0.5, 0.6) is 0 Å². The van der Waals surface area contributed by atoms with E-state index in [1.54, 1.807) is 0 Å². The van der Waals surface area contributed by atoms with E-state index in [-0.39, 0.29) is 11.6 Å². The number of carbonyl (C=O) groups excluding carboxylic acids is 1. The van der Waals surface area contributed by atoms with E-state index in [9.17, 15) is 13.6 Å². The Balaban J connectivity index is 1.88. The molecule has 0 saturated carbocycles. The molecule has 6 heteroatoms. The lowest BCUT2D eigenvalue weighted by Crippen LogP contribution is -3.15. The number of morpholine rings is 1. The van der Waals surface area contributed by atoms with Gasteiger partial charge in [-0.05, 0) is 12.1 Å². The van der Waals surface area contributed by atoms with Crippen molar-refractivity contribution >= 4 is 11.6 Å². The fourth-order valence-corrected chi connectivity index (χ4v) is 1.84. The van der Waals surface area contributed by atoms with Crippen LogP contribution >= 0.6 is 0 Å². The number of hydrogen-bond donors (Lipinski definition) is 2. The zero-order chi connectivity index (χ0) is 13.0. The number of benzene rings is 1. The molecule has 1 aromatic rings.